The van der Waals surface area contributed by atoms with Gasteiger partial charge in [0.05, 0.1) is 17.7 Å². The summed E-state index contributed by atoms with van der Waals surface area (Å²) in [6.45, 7) is 1.87. The summed E-state index contributed by atoms with van der Waals surface area (Å²) in [5.74, 6) is -0.0703. The van der Waals surface area contributed by atoms with Gasteiger partial charge in [0.25, 0.3) is 0 Å². The van der Waals surface area contributed by atoms with Crippen molar-refractivity contribution in [1.82, 2.24) is 5.32 Å². The Kier molecular flexibility index (Phi) is 4.40. The zero-order chi connectivity index (χ0) is 16.2. The van der Waals surface area contributed by atoms with Gasteiger partial charge >= 0.3 is 0 Å². The molecule has 23 heavy (non-hydrogen) atoms. The third-order valence-electron chi connectivity index (χ3n) is 4.26. The van der Waals surface area contributed by atoms with Crippen molar-refractivity contribution in [3.05, 3.63) is 65.2 Å². The molecule has 0 aliphatic heterocycles. The van der Waals surface area contributed by atoms with Gasteiger partial charge in [0, 0.05) is 11.7 Å². The molecule has 1 aliphatic carbocycles. The fourth-order valence-electron chi connectivity index (χ4n) is 2.99. The van der Waals surface area contributed by atoms with Crippen LogP contribution in [0.15, 0.2) is 48.5 Å². The van der Waals surface area contributed by atoms with Crippen molar-refractivity contribution in [2.24, 2.45) is 0 Å². The molecule has 2 aromatic rings. The predicted octanol–water partition coefficient (Wildman–Crippen LogP) is 3.16. The Bertz CT molecular complexity index is 746. The molecule has 0 bridgehead atoms. The highest BCUT2D eigenvalue weighted by molar-refractivity contribution is 5.94. The van der Waals surface area contributed by atoms with Crippen molar-refractivity contribution in [2.75, 3.05) is 5.32 Å². The van der Waals surface area contributed by atoms with Crippen LogP contribution in [0.4, 0.5) is 5.69 Å². The van der Waals surface area contributed by atoms with Crippen molar-refractivity contribution < 1.29 is 4.79 Å². The Labute approximate surface area is 136 Å². The summed E-state index contributed by atoms with van der Waals surface area (Å²) in [7, 11) is 0. The molecule has 0 aromatic heterocycles. The van der Waals surface area contributed by atoms with E-state index >= 15 is 0 Å². The van der Waals surface area contributed by atoms with Crippen molar-refractivity contribution in [2.45, 2.75) is 31.8 Å². The Morgan fingerprint density at radius 1 is 1.22 bits per heavy atom. The van der Waals surface area contributed by atoms with E-state index in [0.29, 0.717) is 11.3 Å². The Morgan fingerprint density at radius 3 is 2.70 bits per heavy atom. The van der Waals surface area contributed by atoms with Crippen molar-refractivity contribution in [1.29, 1.82) is 5.26 Å². The third kappa shape index (κ3) is 3.41. The van der Waals surface area contributed by atoms with E-state index in [1.165, 1.54) is 11.1 Å². The lowest BCUT2D eigenvalue weighted by atomic mass is 10.1. The lowest BCUT2D eigenvalue weighted by Crippen LogP contribution is -2.39. The summed E-state index contributed by atoms with van der Waals surface area (Å²) in [5.41, 5.74) is 3.95. The fraction of sp³-hybridized carbons (Fsp3) is 0.263. The van der Waals surface area contributed by atoms with E-state index in [1.807, 2.05) is 13.0 Å². The van der Waals surface area contributed by atoms with Crippen LogP contribution < -0.4 is 10.6 Å². The van der Waals surface area contributed by atoms with Gasteiger partial charge in [0.15, 0.2) is 0 Å². The van der Waals surface area contributed by atoms with Crippen LogP contribution in [0.5, 0.6) is 0 Å². The van der Waals surface area contributed by atoms with Gasteiger partial charge < -0.3 is 5.32 Å². The van der Waals surface area contributed by atoms with Gasteiger partial charge in [-0.3, -0.25) is 10.1 Å². The number of nitriles is 1. The molecule has 4 nitrogen and oxygen atoms in total. The second kappa shape index (κ2) is 6.64. The Morgan fingerprint density at radius 2 is 1.96 bits per heavy atom. The molecule has 4 heteroatoms. The van der Waals surface area contributed by atoms with Crippen LogP contribution in [-0.4, -0.2) is 11.9 Å². The van der Waals surface area contributed by atoms with E-state index in [4.69, 9.17) is 5.26 Å². The van der Waals surface area contributed by atoms with E-state index < -0.39 is 0 Å². The first-order valence-corrected chi connectivity index (χ1v) is 7.82. The number of carbonyl (C=O) groups excluding carboxylic acids is 1. The average molecular weight is 305 g/mol. The maximum atomic E-state index is 12.3. The standard InChI is InChI=1S/C19H19N3O/c1-13(19(23)22-16-9-6-14(12-20)7-10-16)21-18-11-8-15-4-2-3-5-17(15)18/h2-7,9-10,13,18,21H,8,11H2,1H3,(H,22,23)/t13-,18+/m0/s1. The third-order valence-corrected chi connectivity index (χ3v) is 4.26. The van der Waals surface area contributed by atoms with Crippen LogP contribution in [0.1, 0.15) is 36.1 Å². The first-order valence-electron chi connectivity index (χ1n) is 7.82. The van der Waals surface area contributed by atoms with Crippen LogP contribution in [0.25, 0.3) is 0 Å². The summed E-state index contributed by atoms with van der Waals surface area (Å²) < 4.78 is 0. The van der Waals surface area contributed by atoms with Crippen LogP contribution in [0.3, 0.4) is 0 Å². The summed E-state index contributed by atoms with van der Waals surface area (Å²) in [6.07, 6.45) is 2.08. The number of anilines is 1. The summed E-state index contributed by atoms with van der Waals surface area (Å²) in [4.78, 5) is 12.3. The van der Waals surface area contributed by atoms with Crippen molar-refractivity contribution >= 4 is 11.6 Å². The first kappa shape index (κ1) is 15.3. The largest absolute Gasteiger partial charge is 0.325 e. The Balaban J connectivity index is 1.61. The molecule has 1 aliphatic rings. The minimum Gasteiger partial charge on any atom is -0.325 e. The van der Waals surface area contributed by atoms with E-state index in [0.717, 1.165) is 12.8 Å². The highest BCUT2D eigenvalue weighted by atomic mass is 16.2. The number of fused-ring (bicyclic) bond motifs is 1. The molecule has 1 amide bonds. The highest BCUT2D eigenvalue weighted by Crippen LogP contribution is 2.31. The second-order valence-electron chi connectivity index (χ2n) is 5.86. The number of benzene rings is 2. The van der Waals surface area contributed by atoms with Crippen LogP contribution in [0, 0.1) is 11.3 Å². The molecule has 0 saturated carbocycles. The average Bonchev–Trinajstić information content (AvgIpc) is 2.98. The zero-order valence-electron chi connectivity index (χ0n) is 13.0. The van der Waals surface area contributed by atoms with E-state index in [-0.39, 0.29) is 18.0 Å². The molecule has 3 rings (SSSR count). The van der Waals surface area contributed by atoms with Crippen LogP contribution in [-0.2, 0) is 11.2 Å². The van der Waals surface area contributed by atoms with E-state index in [1.54, 1.807) is 24.3 Å². The van der Waals surface area contributed by atoms with Crippen molar-refractivity contribution in [3.63, 3.8) is 0 Å². The predicted molar refractivity (Wildman–Crippen MR) is 89.9 cm³/mol. The topological polar surface area (TPSA) is 64.9 Å². The molecular formula is C19H19N3O. The first-order chi connectivity index (χ1) is 11.2. The fourth-order valence-corrected chi connectivity index (χ4v) is 2.99. The number of nitrogens with zero attached hydrogens (tertiary/aromatic N) is 1. The Hall–Kier alpha value is -2.64. The molecule has 0 spiro atoms. The minimum atomic E-state index is -0.290. The van der Waals surface area contributed by atoms with Gasteiger partial charge in [-0.25, -0.2) is 0 Å². The molecule has 0 unspecified atom stereocenters. The monoisotopic (exact) mass is 305 g/mol. The molecule has 2 N–H and O–H groups in total. The van der Waals surface area contributed by atoms with E-state index in [2.05, 4.69) is 34.9 Å². The van der Waals surface area contributed by atoms with Gasteiger partial charge in [0.1, 0.15) is 0 Å². The number of carbonyl (C=O) groups is 1. The molecule has 2 aromatic carbocycles. The van der Waals surface area contributed by atoms with E-state index in [9.17, 15) is 4.79 Å². The molecule has 0 saturated heterocycles. The number of rotatable bonds is 4. The molecule has 0 fully saturated rings. The highest BCUT2D eigenvalue weighted by Gasteiger charge is 2.25. The summed E-state index contributed by atoms with van der Waals surface area (Å²) in [5, 5.41) is 15.1. The molecule has 2 atom stereocenters. The van der Waals surface area contributed by atoms with Crippen LogP contribution in [0.2, 0.25) is 0 Å². The number of amides is 1. The number of hydrogen-bond acceptors (Lipinski definition) is 3. The normalized spacial score (nSPS) is 17.1. The van der Waals surface area contributed by atoms with Crippen molar-refractivity contribution in [3.8, 4) is 6.07 Å². The molecule has 0 heterocycles. The van der Waals surface area contributed by atoms with Gasteiger partial charge in [0.2, 0.25) is 5.91 Å². The number of aryl methyl sites for hydroxylation is 1. The maximum Gasteiger partial charge on any atom is 0.241 e. The van der Waals surface area contributed by atoms with Gasteiger partial charge in [-0.05, 0) is 55.2 Å². The lowest BCUT2D eigenvalue weighted by Gasteiger charge is -2.20. The second-order valence-corrected chi connectivity index (χ2v) is 5.86. The lowest BCUT2D eigenvalue weighted by molar-refractivity contribution is -0.118. The summed E-state index contributed by atoms with van der Waals surface area (Å²) in [6, 6.07) is 17.3. The molecule has 0 radical (unpaired) electrons. The molecule has 116 valence electrons. The van der Waals surface area contributed by atoms with Crippen LogP contribution >= 0.6 is 0 Å². The maximum absolute atomic E-state index is 12.3. The van der Waals surface area contributed by atoms with Gasteiger partial charge in [-0.2, -0.15) is 5.26 Å². The van der Waals surface area contributed by atoms with Gasteiger partial charge in [-0.15, -0.1) is 0 Å². The smallest absolute Gasteiger partial charge is 0.241 e. The van der Waals surface area contributed by atoms with Gasteiger partial charge in [-0.1, -0.05) is 24.3 Å². The quantitative estimate of drug-likeness (QED) is 0.912. The molecular weight excluding hydrogens is 286 g/mol. The number of hydrogen-bond donors (Lipinski definition) is 2. The zero-order valence-corrected chi connectivity index (χ0v) is 13.0. The minimum absolute atomic E-state index is 0.0703. The summed E-state index contributed by atoms with van der Waals surface area (Å²) >= 11 is 0. The SMILES string of the molecule is C[C@H](N[C@@H]1CCc2ccccc21)C(=O)Nc1ccc(C#N)cc1. The number of nitrogens with one attached hydrogen (secondary N) is 2.